The minimum absolute atomic E-state index is 0.0391. The van der Waals surface area contributed by atoms with Crippen molar-refractivity contribution in [2.45, 2.75) is 20.8 Å². The van der Waals surface area contributed by atoms with Crippen LogP contribution in [0.3, 0.4) is 0 Å². The molecule has 2 amide bonds. The molecule has 0 spiro atoms. The van der Waals surface area contributed by atoms with Gasteiger partial charge in [-0.1, -0.05) is 12.1 Å². The number of urea groups is 1. The van der Waals surface area contributed by atoms with Crippen molar-refractivity contribution in [2.24, 2.45) is 0 Å². The second-order valence-corrected chi connectivity index (χ2v) is 6.18. The third-order valence-electron chi connectivity index (χ3n) is 4.58. The zero-order valence-electron chi connectivity index (χ0n) is 14.4. The van der Waals surface area contributed by atoms with E-state index in [1.54, 1.807) is 6.33 Å². The summed E-state index contributed by atoms with van der Waals surface area (Å²) in [6.45, 7) is 9.00. The Labute approximate surface area is 142 Å². The number of anilines is 2. The molecule has 2 aromatic rings. The van der Waals surface area contributed by atoms with Gasteiger partial charge in [0.15, 0.2) is 0 Å². The lowest BCUT2D eigenvalue weighted by Gasteiger charge is -2.35. The van der Waals surface area contributed by atoms with Gasteiger partial charge in [0, 0.05) is 43.6 Å². The highest BCUT2D eigenvalue weighted by atomic mass is 16.2. The Morgan fingerprint density at radius 1 is 1.08 bits per heavy atom. The second-order valence-electron chi connectivity index (χ2n) is 6.18. The Morgan fingerprint density at radius 3 is 2.54 bits per heavy atom. The molecule has 1 N–H and O–H groups in total. The SMILES string of the molecule is Cc1cncnc1N1CCN(C(=O)Nc2cccc(C)c2C)CC1. The van der Waals surface area contributed by atoms with Crippen LogP contribution in [0.15, 0.2) is 30.7 Å². The van der Waals surface area contributed by atoms with Crippen molar-refractivity contribution in [3.8, 4) is 0 Å². The van der Waals surface area contributed by atoms with Crippen LogP contribution in [0.2, 0.25) is 0 Å². The number of benzene rings is 1. The maximum Gasteiger partial charge on any atom is 0.321 e. The lowest BCUT2D eigenvalue weighted by molar-refractivity contribution is 0.208. The van der Waals surface area contributed by atoms with Crippen LogP contribution >= 0.6 is 0 Å². The van der Waals surface area contributed by atoms with Gasteiger partial charge in [0.05, 0.1) is 0 Å². The van der Waals surface area contributed by atoms with Gasteiger partial charge in [0.25, 0.3) is 0 Å². The van der Waals surface area contributed by atoms with Crippen molar-refractivity contribution >= 4 is 17.5 Å². The van der Waals surface area contributed by atoms with E-state index in [0.717, 1.165) is 35.7 Å². The molecule has 126 valence electrons. The van der Waals surface area contributed by atoms with Gasteiger partial charge in [-0.15, -0.1) is 0 Å². The van der Waals surface area contributed by atoms with Gasteiger partial charge in [0.1, 0.15) is 12.1 Å². The molecule has 0 aliphatic carbocycles. The molecule has 1 aliphatic rings. The van der Waals surface area contributed by atoms with E-state index in [-0.39, 0.29) is 6.03 Å². The van der Waals surface area contributed by atoms with Gasteiger partial charge in [0.2, 0.25) is 0 Å². The van der Waals surface area contributed by atoms with Gasteiger partial charge in [-0.2, -0.15) is 0 Å². The third kappa shape index (κ3) is 3.32. The molecule has 0 atom stereocenters. The van der Waals surface area contributed by atoms with Gasteiger partial charge in [-0.25, -0.2) is 14.8 Å². The maximum atomic E-state index is 12.5. The van der Waals surface area contributed by atoms with E-state index in [0.29, 0.717) is 13.1 Å². The predicted molar refractivity (Wildman–Crippen MR) is 95.5 cm³/mol. The molecule has 1 fully saturated rings. The van der Waals surface area contributed by atoms with Gasteiger partial charge < -0.3 is 15.1 Å². The third-order valence-corrected chi connectivity index (χ3v) is 4.58. The fraction of sp³-hybridized carbons (Fsp3) is 0.389. The summed E-state index contributed by atoms with van der Waals surface area (Å²) in [5.41, 5.74) is 4.23. The zero-order chi connectivity index (χ0) is 17.1. The fourth-order valence-electron chi connectivity index (χ4n) is 2.93. The van der Waals surface area contributed by atoms with E-state index >= 15 is 0 Å². The summed E-state index contributed by atoms with van der Waals surface area (Å²) in [6.07, 6.45) is 3.39. The number of nitrogens with zero attached hydrogens (tertiary/aromatic N) is 4. The summed E-state index contributed by atoms with van der Waals surface area (Å²) in [6, 6.07) is 5.92. The standard InChI is InChI=1S/C18H23N5O/c1-13-5-4-6-16(15(13)3)21-18(24)23-9-7-22(8-10-23)17-14(2)11-19-12-20-17/h4-6,11-12H,7-10H2,1-3H3,(H,21,24). The van der Waals surface area contributed by atoms with Crippen LogP contribution in [0.5, 0.6) is 0 Å². The number of nitrogens with one attached hydrogen (secondary N) is 1. The van der Waals surface area contributed by atoms with Crippen LogP contribution in [0.1, 0.15) is 16.7 Å². The highest BCUT2D eigenvalue weighted by molar-refractivity contribution is 5.90. The molecular formula is C18H23N5O. The Hall–Kier alpha value is -2.63. The van der Waals surface area contributed by atoms with Crippen LogP contribution in [0.4, 0.5) is 16.3 Å². The molecule has 1 aliphatic heterocycles. The number of amides is 2. The Kier molecular flexibility index (Phi) is 4.64. The van der Waals surface area contributed by atoms with E-state index in [1.165, 1.54) is 5.56 Å². The van der Waals surface area contributed by atoms with Crippen LogP contribution in [-0.4, -0.2) is 47.1 Å². The molecule has 1 aromatic heterocycles. The summed E-state index contributed by atoms with van der Waals surface area (Å²) in [5.74, 6) is 0.958. The van der Waals surface area contributed by atoms with Crippen molar-refractivity contribution in [1.82, 2.24) is 14.9 Å². The number of piperazine rings is 1. The summed E-state index contributed by atoms with van der Waals surface area (Å²) < 4.78 is 0. The molecular weight excluding hydrogens is 302 g/mol. The first-order chi connectivity index (χ1) is 11.6. The van der Waals surface area contributed by atoms with E-state index in [1.807, 2.05) is 50.1 Å². The Morgan fingerprint density at radius 2 is 1.83 bits per heavy atom. The van der Waals surface area contributed by atoms with Gasteiger partial charge in [-0.3, -0.25) is 0 Å². The van der Waals surface area contributed by atoms with Gasteiger partial charge >= 0.3 is 6.03 Å². The number of aromatic nitrogens is 2. The van der Waals surface area contributed by atoms with Crippen molar-refractivity contribution in [3.63, 3.8) is 0 Å². The number of aryl methyl sites for hydroxylation is 2. The lowest BCUT2D eigenvalue weighted by atomic mass is 10.1. The molecule has 0 bridgehead atoms. The molecule has 1 saturated heterocycles. The first-order valence-electron chi connectivity index (χ1n) is 8.20. The number of carbonyl (C=O) groups excluding carboxylic acids is 1. The maximum absolute atomic E-state index is 12.5. The summed E-state index contributed by atoms with van der Waals surface area (Å²) in [7, 11) is 0. The van der Waals surface area contributed by atoms with Crippen molar-refractivity contribution in [2.75, 3.05) is 36.4 Å². The first-order valence-corrected chi connectivity index (χ1v) is 8.20. The summed E-state index contributed by atoms with van der Waals surface area (Å²) >= 11 is 0. The molecule has 6 heteroatoms. The Bertz CT molecular complexity index is 738. The molecule has 3 rings (SSSR count). The van der Waals surface area contributed by atoms with Crippen LogP contribution in [-0.2, 0) is 0 Å². The lowest BCUT2D eigenvalue weighted by Crippen LogP contribution is -2.50. The van der Waals surface area contributed by atoms with Crippen molar-refractivity contribution in [1.29, 1.82) is 0 Å². The quantitative estimate of drug-likeness (QED) is 0.922. The molecule has 6 nitrogen and oxygen atoms in total. The van der Waals surface area contributed by atoms with E-state index in [9.17, 15) is 4.79 Å². The van der Waals surface area contributed by atoms with Gasteiger partial charge in [-0.05, 0) is 38.0 Å². The smallest absolute Gasteiger partial charge is 0.321 e. The monoisotopic (exact) mass is 325 g/mol. The zero-order valence-corrected chi connectivity index (χ0v) is 14.4. The Balaban J connectivity index is 1.61. The first kappa shape index (κ1) is 16.2. The van der Waals surface area contributed by atoms with E-state index in [2.05, 4.69) is 20.2 Å². The summed E-state index contributed by atoms with van der Waals surface area (Å²) in [5, 5.41) is 3.03. The predicted octanol–water partition coefficient (Wildman–Crippen LogP) is 2.76. The normalized spacial score (nSPS) is 14.6. The average Bonchev–Trinajstić information content (AvgIpc) is 2.59. The molecule has 0 radical (unpaired) electrons. The highest BCUT2D eigenvalue weighted by Crippen LogP contribution is 2.20. The largest absolute Gasteiger partial charge is 0.353 e. The molecule has 24 heavy (non-hydrogen) atoms. The molecule has 0 saturated carbocycles. The molecule has 0 unspecified atom stereocenters. The number of rotatable bonds is 2. The minimum Gasteiger partial charge on any atom is -0.353 e. The average molecular weight is 325 g/mol. The van der Waals surface area contributed by atoms with E-state index in [4.69, 9.17) is 0 Å². The minimum atomic E-state index is -0.0391. The summed E-state index contributed by atoms with van der Waals surface area (Å²) in [4.78, 5) is 25.0. The highest BCUT2D eigenvalue weighted by Gasteiger charge is 2.23. The number of carbonyl (C=O) groups is 1. The van der Waals surface area contributed by atoms with E-state index < -0.39 is 0 Å². The second kappa shape index (κ2) is 6.86. The number of hydrogen-bond acceptors (Lipinski definition) is 4. The van der Waals surface area contributed by atoms with Crippen molar-refractivity contribution < 1.29 is 4.79 Å². The number of hydrogen-bond donors (Lipinski definition) is 1. The topological polar surface area (TPSA) is 61.4 Å². The van der Waals surface area contributed by atoms with Crippen LogP contribution in [0, 0.1) is 20.8 Å². The molecule has 2 heterocycles. The van der Waals surface area contributed by atoms with Crippen molar-refractivity contribution in [3.05, 3.63) is 47.4 Å². The fourth-order valence-corrected chi connectivity index (χ4v) is 2.93. The van der Waals surface area contributed by atoms with Crippen LogP contribution in [0.25, 0.3) is 0 Å². The van der Waals surface area contributed by atoms with Crippen LogP contribution < -0.4 is 10.2 Å². The molecule has 1 aromatic carbocycles.